The van der Waals surface area contributed by atoms with Gasteiger partial charge in [-0.25, -0.2) is 9.97 Å². The van der Waals surface area contributed by atoms with Crippen LogP contribution in [-0.2, 0) is 0 Å². The second-order valence-corrected chi connectivity index (χ2v) is 6.06. The zero-order valence-electron chi connectivity index (χ0n) is 12.9. The number of methoxy groups -OCH3 is 1. The van der Waals surface area contributed by atoms with Crippen molar-refractivity contribution in [3.8, 4) is 17.2 Å². The van der Waals surface area contributed by atoms with E-state index in [9.17, 15) is 0 Å². The van der Waals surface area contributed by atoms with Gasteiger partial charge in [0, 0.05) is 17.1 Å². The Morgan fingerprint density at radius 2 is 1.92 bits per heavy atom. The first-order chi connectivity index (χ1) is 11.7. The van der Waals surface area contributed by atoms with E-state index in [1.807, 2.05) is 30.3 Å². The average Bonchev–Trinajstić information content (AvgIpc) is 2.61. The molecule has 2 heterocycles. The van der Waals surface area contributed by atoms with E-state index < -0.39 is 0 Å². The van der Waals surface area contributed by atoms with Crippen LogP contribution in [0.1, 0.15) is 0 Å². The topological polar surface area (TPSA) is 65.5 Å². The number of nitrogens with one attached hydrogen (secondary N) is 1. The smallest absolute Gasteiger partial charge is 0.163 e. The molecule has 1 N–H and O–H groups in total. The van der Waals surface area contributed by atoms with E-state index in [1.54, 1.807) is 7.11 Å². The van der Waals surface area contributed by atoms with E-state index in [1.165, 1.54) is 6.33 Å². The second-order valence-electron chi connectivity index (χ2n) is 5.21. The first-order valence-electron chi connectivity index (χ1n) is 7.39. The maximum absolute atomic E-state index is 5.62. The first-order valence-corrected chi connectivity index (χ1v) is 8.19. The van der Waals surface area contributed by atoms with Crippen molar-refractivity contribution in [3.05, 3.63) is 41.1 Å². The van der Waals surface area contributed by atoms with E-state index in [0.29, 0.717) is 19.0 Å². The molecule has 0 bridgehead atoms. The van der Waals surface area contributed by atoms with Crippen LogP contribution in [0.15, 0.2) is 41.1 Å². The molecule has 0 spiro atoms. The molecule has 0 atom stereocenters. The van der Waals surface area contributed by atoms with Crippen molar-refractivity contribution in [1.82, 2.24) is 9.97 Å². The number of nitrogens with zero attached hydrogens (tertiary/aromatic N) is 2. The number of rotatable bonds is 3. The van der Waals surface area contributed by atoms with E-state index in [-0.39, 0.29) is 0 Å². The Hall–Kier alpha value is -2.54. The van der Waals surface area contributed by atoms with Crippen LogP contribution in [0, 0.1) is 0 Å². The number of benzene rings is 2. The third kappa shape index (κ3) is 2.71. The summed E-state index contributed by atoms with van der Waals surface area (Å²) in [5, 5.41) is 4.18. The molecule has 1 aliphatic heterocycles. The van der Waals surface area contributed by atoms with Gasteiger partial charge < -0.3 is 19.5 Å². The lowest BCUT2D eigenvalue weighted by atomic mass is 10.2. The van der Waals surface area contributed by atoms with E-state index >= 15 is 0 Å². The van der Waals surface area contributed by atoms with Crippen LogP contribution in [0.5, 0.6) is 17.2 Å². The third-order valence-corrected chi connectivity index (χ3v) is 4.33. The summed E-state index contributed by atoms with van der Waals surface area (Å²) in [4.78, 5) is 8.66. The van der Waals surface area contributed by atoms with Crippen LogP contribution in [0.3, 0.4) is 0 Å². The number of anilines is 2. The summed E-state index contributed by atoms with van der Waals surface area (Å²) in [7, 11) is 1.63. The zero-order valence-corrected chi connectivity index (χ0v) is 14.5. The van der Waals surface area contributed by atoms with Crippen molar-refractivity contribution < 1.29 is 14.2 Å². The Kier molecular flexibility index (Phi) is 3.86. The van der Waals surface area contributed by atoms with Crippen LogP contribution < -0.4 is 19.5 Å². The van der Waals surface area contributed by atoms with Crippen LogP contribution in [-0.4, -0.2) is 30.3 Å². The lowest BCUT2D eigenvalue weighted by Crippen LogP contribution is -2.15. The number of fused-ring (bicyclic) bond motifs is 2. The SMILES string of the molecule is COc1cc2c(Nc3ccc4c(c3)OCCO4)ncnc2cc1Br. The number of hydrogen-bond acceptors (Lipinski definition) is 6. The molecule has 4 rings (SSSR count). The van der Waals surface area contributed by atoms with Gasteiger partial charge in [-0.1, -0.05) is 0 Å². The first kappa shape index (κ1) is 15.0. The second kappa shape index (κ2) is 6.16. The molecule has 7 heteroatoms. The normalized spacial score (nSPS) is 12.9. The summed E-state index contributed by atoms with van der Waals surface area (Å²) in [5.74, 6) is 2.90. The Labute approximate surface area is 146 Å². The Morgan fingerprint density at radius 3 is 2.75 bits per heavy atom. The molecule has 0 aliphatic carbocycles. The van der Waals surface area contributed by atoms with Crippen molar-refractivity contribution in [2.45, 2.75) is 0 Å². The van der Waals surface area contributed by atoms with Crippen LogP contribution >= 0.6 is 15.9 Å². The molecule has 3 aromatic rings. The van der Waals surface area contributed by atoms with Gasteiger partial charge in [-0.05, 0) is 40.2 Å². The molecule has 0 saturated carbocycles. The van der Waals surface area contributed by atoms with Gasteiger partial charge in [-0.15, -0.1) is 0 Å². The predicted octanol–water partition coefficient (Wildman–Crippen LogP) is 3.92. The molecule has 1 aromatic heterocycles. The highest BCUT2D eigenvalue weighted by Gasteiger charge is 2.13. The van der Waals surface area contributed by atoms with Crippen molar-refractivity contribution in [1.29, 1.82) is 0 Å². The molecule has 0 fully saturated rings. The fraction of sp³-hybridized carbons (Fsp3) is 0.176. The van der Waals surface area contributed by atoms with Crippen molar-refractivity contribution in [2.24, 2.45) is 0 Å². The summed E-state index contributed by atoms with van der Waals surface area (Å²) >= 11 is 3.47. The van der Waals surface area contributed by atoms with Crippen LogP contribution in [0.2, 0.25) is 0 Å². The van der Waals surface area contributed by atoms with Crippen LogP contribution in [0.4, 0.5) is 11.5 Å². The van der Waals surface area contributed by atoms with E-state index in [0.717, 1.165) is 38.3 Å². The summed E-state index contributed by atoms with van der Waals surface area (Å²) in [6.45, 7) is 1.13. The van der Waals surface area contributed by atoms with Gasteiger partial charge >= 0.3 is 0 Å². The largest absolute Gasteiger partial charge is 0.496 e. The molecule has 6 nitrogen and oxygen atoms in total. The molecular weight excluding hydrogens is 374 g/mol. The van der Waals surface area contributed by atoms with Gasteiger partial charge in [0.25, 0.3) is 0 Å². The number of halogens is 1. The highest BCUT2D eigenvalue weighted by Crippen LogP contribution is 2.36. The van der Waals surface area contributed by atoms with Crippen LogP contribution in [0.25, 0.3) is 10.9 Å². The summed E-state index contributed by atoms with van der Waals surface area (Å²) < 4.78 is 17.4. The van der Waals surface area contributed by atoms with E-state index in [4.69, 9.17) is 14.2 Å². The highest BCUT2D eigenvalue weighted by atomic mass is 79.9. The Morgan fingerprint density at radius 1 is 1.08 bits per heavy atom. The van der Waals surface area contributed by atoms with Crippen molar-refractivity contribution in [3.63, 3.8) is 0 Å². The number of aromatic nitrogens is 2. The van der Waals surface area contributed by atoms with Gasteiger partial charge in [-0.3, -0.25) is 0 Å². The lowest BCUT2D eigenvalue weighted by Gasteiger charge is -2.19. The third-order valence-electron chi connectivity index (χ3n) is 3.71. The van der Waals surface area contributed by atoms with Crippen molar-refractivity contribution >= 4 is 38.3 Å². The fourth-order valence-electron chi connectivity index (χ4n) is 2.57. The molecule has 122 valence electrons. The monoisotopic (exact) mass is 387 g/mol. The maximum Gasteiger partial charge on any atom is 0.163 e. The van der Waals surface area contributed by atoms with Gasteiger partial charge in [0.15, 0.2) is 11.5 Å². The minimum atomic E-state index is 0.554. The molecule has 2 aromatic carbocycles. The number of ether oxygens (including phenoxy) is 3. The van der Waals surface area contributed by atoms with Gasteiger partial charge in [-0.2, -0.15) is 0 Å². The molecule has 0 saturated heterocycles. The van der Waals surface area contributed by atoms with Gasteiger partial charge in [0.1, 0.15) is 31.1 Å². The maximum atomic E-state index is 5.62. The molecule has 0 amide bonds. The van der Waals surface area contributed by atoms with E-state index in [2.05, 4.69) is 31.2 Å². The fourth-order valence-corrected chi connectivity index (χ4v) is 3.06. The summed E-state index contributed by atoms with van der Waals surface area (Å²) in [6.07, 6.45) is 1.53. The summed E-state index contributed by atoms with van der Waals surface area (Å²) in [5.41, 5.74) is 1.68. The van der Waals surface area contributed by atoms with Crippen molar-refractivity contribution in [2.75, 3.05) is 25.6 Å². The highest BCUT2D eigenvalue weighted by molar-refractivity contribution is 9.10. The van der Waals surface area contributed by atoms with Gasteiger partial charge in [0.05, 0.1) is 17.1 Å². The minimum absolute atomic E-state index is 0.554. The Balaban J connectivity index is 1.74. The zero-order chi connectivity index (χ0) is 16.5. The lowest BCUT2D eigenvalue weighted by molar-refractivity contribution is 0.171. The Bertz CT molecular complexity index is 917. The van der Waals surface area contributed by atoms with Gasteiger partial charge in [0.2, 0.25) is 0 Å². The minimum Gasteiger partial charge on any atom is -0.496 e. The average molecular weight is 388 g/mol. The molecule has 0 radical (unpaired) electrons. The predicted molar refractivity (Wildman–Crippen MR) is 94.5 cm³/mol. The molecule has 24 heavy (non-hydrogen) atoms. The molecule has 0 unspecified atom stereocenters. The summed E-state index contributed by atoms with van der Waals surface area (Å²) in [6, 6.07) is 9.53. The quantitative estimate of drug-likeness (QED) is 0.734. The molecule has 1 aliphatic rings. The molecular formula is C17H14BrN3O3. The number of hydrogen-bond donors (Lipinski definition) is 1. The standard InChI is InChI=1S/C17H14BrN3O3/c1-22-15-7-11-13(8-12(15)18)19-9-20-17(11)21-10-2-3-14-16(6-10)24-5-4-23-14/h2-3,6-9H,4-5H2,1H3,(H,19,20,21).